The number of hydrogen-bond donors (Lipinski definition) is 2. The van der Waals surface area contributed by atoms with Gasteiger partial charge in [0.1, 0.15) is 0 Å². The molecule has 2 N–H and O–H groups in total. The Morgan fingerprint density at radius 1 is 1.22 bits per heavy atom. The van der Waals surface area contributed by atoms with Gasteiger partial charge in [-0.3, -0.25) is 9.10 Å². The van der Waals surface area contributed by atoms with Crippen LogP contribution >= 0.6 is 11.6 Å². The highest BCUT2D eigenvalue weighted by atomic mass is 35.5. The van der Waals surface area contributed by atoms with Crippen molar-refractivity contribution < 1.29 is 17.9 Å². The molecule has 0 spiro atoms. The SMILES string of the molecule is COCC1(c2ccc(N3C[C@@H]4[C@@H](NC(=O)c5ccc6c(Cl)c[nH]c6c5)CCCN4S3(=O)=O)cc2)CC1. The number of aromatic amines is 1. The lowest BCUT2D eigenvalue weighted by molar-refractivity contribution is 0.0901. The van der Waals surface area contributed by atoms with Crippen LogP contribution in [0.2, 0.25) is 5.02 Å². The molecule has 10 heteroatoms. The van der Waals surface area contributed by atoms with E-state index in [0.29, 0.717) is 42.4 Å². The number of anilines is 1. The third-order valence-electron chi connectivity index (χ3n) is 7.91. The molecule has 0 bridgehead atoms. The maximum Gasteiger partial charge on any atom is 0.304 e. The molecule has 2 atom stereocenters. The molecule has 6 rings (SSSR count). The number of amides is 1. The summed E-state index contributed by atoms with van der Waals surface area (Å²) in [7, 11) is -1.96. The van der Waals surface area contributed by atoms with E-state index in [2.05, 4.69) is 10.3 Å². The summed E-state index contributed by atoms with van der Waals surface area (Å²) in [6.07, 6.45) is 5.29. The quantitative estimate of drug-likeness (QED) is 0.508. The molecule has 1 aliphatic carbocycles. The number of hydrogen-bond acceptors (Lipinski definition) is 4. The van der Waals surface area contributed by atoms with Gasteiger partial charge in [-0.25, -0.2) is 0 Å². The van der Waals surface area contributed by atoms with E-state index in [-0.39, 0.29) is 23.4 Å². The molecule has 3 aromatic rings. The summed E-state index contributed by atoms with van der Waals surface area (Å²) in [4.78, 5) is 16.2. The Labute approximate surface area is 215 Å². The average Bonchev–Trinajstić information content (AvgIpc) is 3.49. The highest BCUT2D eigenvalue weighted by molar-refractivity contribution is 7.90. The Hall–Kier alpha value is -2.59. The molecule has 1 aromatic heterocycles. The highest BCUT2D eigenvalue weighted by Gasteiger charge is 2.49. The molecule has 2 aromatic carbocycles. The minimum absolute atomic E-state index is 0.0680. The summed E-state index contributed by atoms with van der Waals surface area (Å²) in [6, 6.07) is 12.6. The molecule has 36 heavy (non-hydrogen) atoms. The fraction of sp³-hybridized carbons (Fsp3) is 0.423. The number of carbonyl (C=O) groups is 1. The molecule has 0 unspecified atom stereocenters. The molecule has 190 valence electrons. The van der Waals surface area contributed by atoms with E-state index in [1.165, 1.54) is 9.87 Å². The van der Waals surface area contributed by atoms with Gasteiger partial charge in [0.25, 0.3) is 5.91 Å². The van der Waals surface area contributed by atoms with Gasteiger partial charge in [0.15, 0.2) is 0 Å². The minimum atomic E-state index is -3.67. The van der Waals surface area contributed by atoms with E-state index in [9.17, 15) is 13.2 Å². The normalized spacial score (nSPS) is 24.6. The van der Waals surface area contributed by atoms with Crippen molar-refractivity contribution >= 4 is 44.3 Å². The van der Waals surface area contributed by atoms with E-state index >= 15 is 0 Å². The molecule has 3 fully saturated rings. The number of nitrogens with one attached hydrogen (secondary N) is 2. The zero-order valence-corrected chi connectivity index (χ0v) is 21.6. The Kier molecular flexibility index (Phi) is 5.79. The van der Waals surface area contributed by atoms with Crippen molar-refractivity contribution in [3.63, 3.8) is 0 Å². The second-order valence-corrected chi connectivity index (χ2v) is 12.3. The summed E-state index contributed by atoms with van der Waals surface area (Å²) in [6.45, 7) is 1.44. The average molecular weight is 529 g/mol. The first-order valence-electron chi connectivity index (χ1n) is 12.3. The van der Waals surface area contributed by atoms with Gasteiger partial charge in [-0.05, 0) is 55.5 Å². The number of nitrogens with zero attached hydrogens (tertiary/aromatic N) is 2. The van der Waals surface area contributed by atoms with Crippen molar-refractivity contribution in [3.05, 3.63) is 64.8 Å². The van der Waals surface area contributed by atoms with Crippen molar-refractivity contribution in [2.45, 2.75) is 43.2 Å². The zero-order chi connectivity index (χ0) is 25.1. The molecule has 2 aliphatic heterocycles. The van der Waals surface area contributed by atoms with E-state index in [1.54, 1.807) is 29.7 Å². The van der Waals surface area contributed by atoms with Gasteiger partial charge in [0, 0.05) is 47.8 Å². The standard InChI is InChI=1S/C26H29ClN4O4S/c1-35-16-26(10-11-26)18-5-7-19(8-6-18)31-15-24-22(3-2-12-30(24)36(31,33)34)29-25(32)17-4-9-20-21(27)14-28-23(20)13-17/h4-9,13-14,22,24,28H,2-3,10-12,15-16H2,1H3,(H,29,32)/t22-,24+/m0/s1. The molecule has 1 amide bonds. The monoisotopic (exact) mass is 528 g/mol. The van der Waals surface area contributed by atoms with Crippen LogP contribution in [0.15, 0.2) is 48.7 Å². The Bertz CT molecular complexity index is 1420. The van der Waals surface area contributed by atoms with Crippen LogP contribution in [0.4, 0.5) is 5.69 Å². The van der Waals surface area contributed by atoms with Gasteiger partial charge in [0.05, 0.1) is 29.9 Å². The lowest BCUT2D eigenvalue weighted by atomic mass is 9.96. The van der Waals surface area contributed by atoms with Gasteiger partial charge in [-0.1, -0.05) is 29.8 Å². The van der Waals surface area contributed by atoms with Crippen LogP contribution in [0.1, 0.15) is 41.6 Å². The molecular weight excluding hydrogens is 500 g/mol. The lowest BCUT2D eigenvalue weighted by Crippen LogP contribution is -2.54. The Balaban J connectivity index is 1.21. The fourth-order valence-electron chi connectivity index (χ4n) is 5.74. The van der Waals surface area contributed by atoms with Gasteiger partial charge >= 0.3 is 10.2 Å². The third kappa shape index (κ3) is 3.89. The molecule has 8 nitrogen and oxygen atoms in total. The number of benzene rings is 2. The number of fused-ring (bicyclic) bond motifs is 2. The van der Waals surface area contributed by atoms with Gasteiger partial charge in [0.2, 0.25) is 0 Å². The van der Waals surface area contributed by atoms with Gasteiger partial charge in [-0.2, -0.15) is 12.7 Å². The summed E-state index contributed by atoms with van der Waals surface area (Å²) < 4.78 is 35.4. The molecule has 3 heterocycles. The fourth-order valence-corrected chi connectivity index (χ4v) is 7.85. The third-order valence-corrected chi connectivity index (χ3v) is 10.2. The highest BCUT2D eigenvalue weighted by Crippen LogP contribution is 2.48. The maximum atomic E-state index is 13.5. The lowest BCUT2D eigenvalue weighted by Gasteiger charge is -2.34. The van der Waals surface area contributed by atoms with Crippen LogP contribution in [-0.2, 0) is 20.4 Å². The molecule has 0 radical (unpaired) electrons. The number of carbonyl (C=O) groups excluding carboxylic acids is 1. The summed E-state index contributed by atoms with van der Waals surface area (Å²) >= 11 is 6.16. The largest absolute Gasteiger partial charge is 0.384 e. The van der Waals surface area contributed by atoms with E-state index < -0.39 is 10.2 Å². The molecule has 1 saturated carbocycles. The van der Waals surface area contributed by atoms with Crippen LogP contribution < -0.4 is 9.62 Å². The van der Waals surface area contributed by atoms with Crippen LogP contribution in [0.3, 0.4) is 0 Å². The first-order valence-corrected chi connectivity index (χ1v) is 14.1. The van der Waals surface area contributed by atoms with E-state index in [0.717, 1.165) is 30.2 Å². The number of piperidine rings is 1. The summed E-state index contributed by atoms with van der Waals surface area (Å²) in [5, 5.41) is 4.57. The minimum Gasteiger partial charge on any atom is -0.384 e. The first kappa shape index (κ1) is 23.8. The van der Waals surface area contributed by atoms with Crippen LogP contribution in [0.25, 0.3) is 10.9 Å². The Morgan fingerprint density at radius 2 is 2.00 bits per heavy atom. The van der Waals surface area contributed by atoms with Gasteiger partial charge in [-0.15, -0.1) is 0 Å². The predicted molar refractivity (Wildman–Crippen MR) is 140 cm³/mol. The number of rotatable bonds is 6. The molecule has 3 aliphatic rings. The number of halogens is 1. The van der Waals surface area contributed by atoms with E-state index in [4.69, 9.17) is 16.3 Å². The zero-order valence-electron chi connectivity index (χ0n) is 20.0. The smallest absolute Gasteiger partial charge is 0.304 e. The second kappa shape index (κ2) is 8.76. The van der Waals surface area contributed by atoms with Crippen LogP contribution in [0, 0.1) is 0 Å². The van der Waals surface area contributed by atoms with Crippen LogP contribution in [-0.4, -0.2) is 62.5 Å². The van der Waals surface area contributed by atoms with Crippen molar-refractivity contribution in [2.24, 2.45) is 0 Å². The van der Waals surface area contributed by atoms with E-state index in [1.807, 2.05) is 30.3 Å². The maximum absolute atomic E-state index is 13.5. The van der Waals surface area contributed by atoms with Crippen molar-refractivity contribution in [1.82, 2.24) is 14.6 Å². The summed E-state index contributed by atoms with van der Waals surface area (Å²) in [5.74, 6) is -0.220. The molecule has 2 saturated heterocycles. The van der Waals surface area contributed by atoms with Gasteiger partial charge < -0.3 is 15.0 Å². The van der Waals surface area contributed by atoms with Crippen molar-refractivity contribution in [3.8, 4) is 0 Å². The topological polar surface area (TPSA) is 94.7 Å². The number of ether oxygens (including phenoxy) is 1. The van der Waals surface area contributed by atoms with Crippen molar-refractivity contribution in [1.29, 1.82) is 0 Å². The number of methoxy groups -OCH3 is 1. The van der Waals surface area contributed by atoms with Crippen molar-refractivity contribution in [2.75, 3.05) is 31.1 Å². The molecular formula is C26H29ClN4O4S. The second-order valence-electron chi connectivity index (χ2n) is 10.1. The first-order chi connectivity index (χ1) is 17.3. The number of H-pyrrole nitrogens is 1. The predicted octanol–water partition coefficient (Wildman–Crippen LogP) is 3.83. The number of aromatic nitrogens is 1. The summed E-state index contributed by atoms with van der Waals surface area (Å²) in [5.41, 5.74) is 3.21. The Morgan fingerprint density at radius 3 is 2.72 bits per heavy atom. The van der Waals surface area contributed by atoms with Crippen LogP contribution in [0.5, 0.6) is 0 Å².